The summed E-state index contributed by atoms with van der Waals surface area (Å²) in [6.07, 6.45) is 5.53. The quantitative estimate of drug-likeness (QED) is 0.770. The number of ether oxygens (including phenoxy) is 1. The van der Waals surface area contributed by atoms with Crippen LogP contribution in [0.2, 0.25) is 0 Å². The molecule has 74 valence electrons. The topological polar surface area (TPSA) is 39.9 Å². The lowest BCUT2D eigenvalue weighted by Gasteiger charge is -1.96. The fraction of sp³-hybridized carbons (Fsp3) is 0.333. The van der Waals surface area contributed by atoms with Gasteiger partial charge in [0.15, 0.2) is 0 Å². The Bertz CT molecular complexity index is 382. The molecular formula is C9H11N3OS. The van der Waals surface area contributed by atoms with Gasteiger partial charge in [-0.15, -0.1) is 0 Å². The Balaban J connectivity index is 2.03. The standard InChI is InChI=1S/C9H11N3OS/c1-2-13-9-10-6-8(14-9)7-12-5-3-4-11-12/h3-6H,2,7H2,1H3. The lowest BCUT2D eigenvalue weighted by molar-refractivity contribution is 0.338. The van der Waals surface area contributed by atoms with E-state index >= 15 is 0 Å². The van der Waals surface area contributed by atoms with Crippen molar-refractivity contribution in [3.63, 3.8) is 0 Å². The van der Waals surface area contributed by atoms with E-state index in [0.29, 0.717) is 6.61 Å². The van der Waals surface area contributed by atoms with Gasteiger partial charge in [0, 0.05) is 23.5 Å². The highest BCUT2D eigenvalue weighted by Gasteiger charge is 2.02. The van der Waals surface area contributed by atoms with Crippen LogP contribution < -0.4 is 4.74 Å². The van der Waals surface area contributed by atoms with E-state index in [-0.39, 0.29) is 0 Å². The molecule has 0 radical (unpaired) electrons. The van der Waals surface area contributed by atoms with Gasteiger partial charge in [-0.25, -0.2) is 4.98 Å². The average Bonchev–Trinajstić information content (AvgIpc) is 2.79. The monoisotopic (exact) mass is 209 g/mol. The number of nitrogens with zero attached hydrogens (tertiary/aromatic N) is 3. The Morgan fingerprint density at radius 2 is 2.50 bits per heavy atom. The van der Waals surface area contributed by atoms with Crippen LogP contribution in [0.3, 0.4) is 0 Å². The summed E-state index contributed by atoms with van der Waals surface area (Å²) in [4.78, 5) is 5.29. The maximum Gasteiger partial charge on any atom is 0.273 e. The largest absolute Gasteiger partial charge is 0.470 e. The second kappa shape index (κ2) is 4.23. The molecule has 0 atom stereocenters. The molecule has 0 aromatic carbocycles. The van der Waals surface area contributed by atoms with Gasteiger partial charge >= 0.3 is 0 Å². The summed E-state index contributed by atoms with van der Waals surface area (Å²) in [5.74, 6) is 0. The Morgan fingerprint density at radius 3 is 3.21 bits per heavy atom. The van der Waals surface area contributed by atoms with E-state index in [4.69, 9.17) is 4.74 Å². The third-order valence-electron chi connectivity index (χ3n) is 1.68. The van der Waals surface area contributed by atoms with Crippen LogP contribution in [0.15, 0.2) is 24.7 Å². The Kier molecular flexibility index (Phi) is 2.78. The molecule has 0 N–H and O–H groups in total. The minimum absolute atomic E-state index is 0.661. The van der Waals surface area contributed by atoms with E-state index in [2.05, 4.69) is 10.1 Å². The van der Waals surface area contributed by atoms with Crippen LogP contribution in [0.5, 0.6) is 5.19 Å². The highest BCUT2D eigenvalue weighted by molar-refractivity contribution is 7.13. The summed E-state index contributed by atoms with van der Waals surface area (Å²) < 4.78 is 7.15. The summed E-state index contributed by atoms with van der Waals surface area (Å²) >= 11 is 1.56. The third-order valence-corrected chi connectivity index (χ3v) is 2.57. The first-order valence-electron chi connectivity index (χ1n) is 4.43. The molecular weight excluding hydrogens is 198 g/mol. The molecule has 0 unspecified atom stereocenters. The zero-order valence-electron chi connectivity index (χ0n) is 7.88. The highest BCUT2D eigenvalue weighted by Crippen LogP contribution is 2.20. The van der Waals surface area contributed by atoms with E-state index in [1.54, 1.807) is 17.5 Å². The third kappa shape index (κ3) is 2.11. The van der Waals surface area contributed by atoms with Crippen molar-refractivity contribution in [2.24, 2.45) is 0 Å². The number of hydrogen-bond acceptors (Lipinski definition) is 4. The van der Waals surface area contributed by atoms with Crippen LogP contribution in [0.1, 0.15) is 11.8 Å². The Labute approximate surface area is 86.2 Å². The molecule has 2 aromatic rings. The second-order valence-electron chi connectivity index (χ2n) is 2.73. The van der Waals surface area contributed by atoms with E-state index in [1.165, 1.54) is 0 Å². The molecule has 4 nitrogen and oxygen atoms in total. The molecule has 2 rings (SSSR count). The van der Waals surface area contributed by atoms with Gasteiger partial charge < -0.3 is 4.74 Å². The smallest absolute Gasteiger partial charge is 0.273 e. The molecule has 2 heterocycles. The first kappa shape index (κ1) is 9.21. The van der Waals surface area contributed by atoms with Crippen molar-refractivity contribution in [2.75, 3.05) is 6.61 Å². The van der Waals surface area contributed by atoms with Gasteiger partial charge in [-0.2, -0.15) is 5.10 Å². The van der Waals surface area contributed by atoms with Crippen molar-refractivity contribution in [2.45, 2.75) is 13.5 Å². The molecule has 0 fully saturated rings. The molecule has 5 heteroatoms. The SMILES string of the molecule is CCOc1ncc(Cn2cccn2)s1. The van der Waals surface area contributed by atoms with Crippen molar-refractivity contribution in [3.8, 4) is 5.19 Å². The molecule has 14 heavy (non-hydrogen) atoms. The molecule has 0 saturated carbocycles. The summed E-state index contributed by atoms with van der Waals surface area (Å²) in [5.41, 5.74) is 0. The van der Waals surface area contributed by atoms with E-state index < -0.39 is 0 Å². The molecule has 0 aliphatic carbocycles. The van der Waals surface area contributed by atoms with Crippen molar-refractivity contribution in [1.82, 2.24) is 14.8 Å². The second-order valence-corrected chi connectivity index (χ2v) is 3.81. The number of thiazole rings is 1. The maximum absolute atomic E-state index is 5.28. The van der Waals surface area contributed by atoms with Gasteiger partial charge in [0.2, 0.25) is 0 Å². The normalized spacial score (nSPS) is 10.4. The van der Waals surface area contributed by atoms with Crippen molar-refractivity contribution < 1.29 is 4.74 Å². The molecule has 0 spiro atoms. The first-order chi connectivity index (χ1) is 6.88. The van der Waals surface area contributed by atoms with Crippen LogP contribution >= 0.6 is 11.3 Å². The molecule has 0 aliphatic heterocycles. The zero-order chi connectivity index (χ0) is 9.80. The van der Waals surface area contributed by atoms with E-state index in [0.717, 1.165) is 16.6 Å². The number of rotatable bonds is 4. The van der Waals surface area contributed by atoms with Gasteiger partial charge in [-0.1, -0.05) is 11.3 Å². The van der Waals surface area contributed by atoms with Gasteiger partial charge in [0.1, 0.15) is 0 Å². The Morgan fingerprint density at radius 1 is 1.57 bits per heavy atom. The number of hydrogen-bond donors (Lipinski definition) is 0. The van der Waals surface area contributed by atoms with Crippen LogP contribution in [-0.4, -0.2) is 21.4 Å². The van der Waals surface area contributed by atoms with E-state index in [9.17, 15) is 0 Å². The van der Waals surface area contributed by atoms with Gasteiger partial charge in [-0.3, -0.25) is 4.68 Å². The van der Waals surface area contributed by atoms with Crippen molar-refractivity contribution in [3.05, 3.63) is 29.5 Å². The first-order valence-corrected chi connectivity index (χ1v) is 5.25. The van der Waals surface area contributed by atoms with Crippen LogP contribution in [0, 0.1) is 0 Å². The van der Waals surface area contributed by atoms with Crippen molar-refractivity contribution >= 4 is 11.3 Å². The fourth-order valence-electron chi connectivity index (χ4n) is 1.11. The molecule has 0 bridgehead atoms. The summed E-state index contributed by atoms with van der Waals surface area (Å²) in [5, 5.41) is 4.85. The van der Waals surface area contributed by atoms with Gasteiger partial charge in [0.25, 0.3) is 5.19 Å². The molecule has 0 saturated heterocycles. The fourth-order valence-corrected chi connectivity index (χ4v) is 1.92. The van der Waals surface area contributed by atoms with Gasteiger partial charge in [0.05, 0.1) is 13.2 Å². The van der Waals surface area contributed by atoms with Crippen LogP contribution in [0.4, 0.5) is 0 Å². The maximum atomic E-state index is 5.28. The van der Waals surface area contributed by atoms with E-state index in [1.807, 2.05) is 30.1 Å². The highest BCUT2D eigenvalue weighted by atomic mass is 32.1. The average molecular weight is 209 g/mol. The molecule has 0 amide bonds. The minimum atomic E-state index is 0.661. The molecule has 2 aromatic heterocycles. The molecule has 0 aliphatic rings. The Hall–Kier alpha value is -1.36. The summed E-state index contributed by atoms with van der Waals surface area (Å²) in [6, 6.07) is 1.91. The predicted molar refractivity (Wildman–Crippen MR) is 54.6 cm³/mol. The summed E-state index contributed by atoms with van der Waals surface area (Å²) in [7, 11) is 0. The van der Waals surface area contributed by atoms with Crippen molar-refractivity contribution in [1.29, 1.82) is 0 Å². The minimum Gasteiger partial charge on any atom is -0.470 e. The van der Waals surface area contributed by atoms with Crippen LogP contribution in [0.25, 0.3) is 0 Å². The zero-order valence-corrected chi connectivity index (χ0v) is 8.70. The number of aromatic nitrogens is 3. The van der Waals surface area contributed by atoms with Crippen LogP contribution in [-0.2, 0) is 6.54 Å². The van der Waals surface area contributed by atoms with Gasteiger partial charge in [-0.05, 0) is 13.0 Å². The predicted octanol–water partition coefficient (Wildman–Crippen LogP) is 1.79. The summed E-state index contributed by atoms with van der Waals surface area (Å²) in [6.45, 7) is 3.38. The lowest BCUT2D eigenvalue weighted by atomic mass is 10.5. The lowest BCUT2D eigenvalue weighted by Crippen LogP contribution is -1.97.